The Morgan fingerprint density at radius 2 is 1.79 bits per heavy atom. The molecule has 0 saturated heterocycles. The van der Waals surface area contributed by atoms with E-state index in [9.17, 15) is 0 Å². The van der Waals surface area contributed by atoms with Crippen molar-refractivity contribution in [1.29, 1.82) is 0 Å². The second kappa shape index (κ2) is 5.68. The number of hydrogen-bond donors (Lipinski definition) is 1. The van der Waals surface area contributed by atoms with Gasteiger partial charge in [0.25, 0.3) is 0 Å². The molecule has 0 spiro atoms. The fourth-order valence-electron chi connectivity index (χ4n) is 3.15. The van der Waals surface area contributed by atoms with E-state index in [1.807, 2.05) is 18.2 Å². The van der Waals surface area contributed by atoms with E-state index in [0.29, 0.717) is 6.04 Å². The second-order valence-corrected chi connectivity index (χ2v) is 6.28. The van der Waals surface area contributed by atoms with Crippen molar-refractivity contribution in [2.45, 2.75) is 51.0 Å². The maximum Gasteiger partial charge on any atom is 0.178 e. The van der Waals surface area contributed by atoms with Gasteiger partial charge in [0, 0.05) is 11.1 Å². The van der Waals surface area contributed by atoms with Crippen LogP contribution >= 0.6 is 23.8 Å². The first kappa shape index (κ1) is 13.2. The summed E-state index contributed by atoms with van der Waals surface area (Å²) < 4.78 is 3.13. The van der Waals surface area contributed by atoms with Gasteiger partial charge in [-0.25, -0.2) is 0 Å². The molecule has 1 aromatic heterocycles. The van der Waals surface area contributed by atoms with Gasteiger partial charge in [-0.05, 0) is 43.3 Å². The van der Waals surface area contributed by atoms with E-state index < -0.39 is 0 Å². The summed E-state index contributed by atoms with van der Waals surface area (Å²) in [4.78, 5) is 3.31. The molecule has 2 nitrogen and oxygen atoms in total. The number of H-pyrrole nitrogens is 1. The summed E-state index contributed by atoms with van der Waals surface area (Å²) in [6, 6.07) is 6.49. The zero-order valence-corrected chi connectivity index (χ0v) is 12.6. The lowest BCUT2D eigenvalue weighted by Gasteiger charge is -2.22. The maximum atomic E-state index is 6.14. The highest BCUT2D eigenvalue weighted by molar-refractivity contribution is 7.71. The number of fused-ring (bicyclic) bond motifs is 1. The third-order valence-corrected chi connectivity index (χ3v) is 4.65. The zero-order chi connectivity index (χ0) is 13.2. The summed E-state index contributed by atoms with van der Waals surface area (Å²) in [6.07, 6.45) is 9.17. The zero-order valence-electron chi connectivity index (χ0n) is 11.0. The average molecular weight is 295 g/mol. The minimum atomic E-state index is 0.528. The minimum absolute atomic E-state index is 0.528. The molecular weight excluding hydrogens is 276 g/mol. The van der Waals surface area contributed by atoms with Crippen LogP contribution in [0.3, 0.4) is 0 Å². The summed E-state index contributed by atoms with van der Waals surface area (Å²) >= 11 is 11.7. The van der Waals surface area contributed by atoms with Crippen LogP contribution in [-0.2, 0) is 0 Å². The topological polar surface area (TPSA) is 20.7 Å². The Morgan fingerprint density at radius 1 is 1.11 bits per heavy atom. The number of benzene rings is 1. The number of hydrogen-bond acceptors (Lipinski definition) is 1. The molecule has 1 aliphatic rings. The fraction of sp³-hybridized carbons (Fsp3) is 0.533. The van der Waals surface area contributed by atoms with Crippen LogP contribution in [0.5, 0.6) is 0 Å². The lowest BCUT2D eigenvalue weighted by Crippen LogP contribution is -2.11. The molecule has 0 amide bonds. The van der Waals surface area contributed by atoms with Crippen molar-refractivity contribution in [3.05, 3.63) is 28.0 Å². The SMILES string of the molecule is S=c1[nH]c2ccc(Cl)cc2n1C1CCCCCCC1. The van der Waals surface area contributed by atoms with Crippen LogP contribution in [0.2, 0.25) is 5.02 Å². The quantitative estimate of drug-likeness (QED) is 0.675. The monoisotopic (exact) mass is 294 g/mol. The normalized spacial score (nSPS) is 18.4. The summed E-state index contributed by atoms with van der Waals surface area (Å²) in [5.74, 6) is 0. The van der Waals surface area contributed by atoms with Crippen molar-refractivity contribution < 1.29 is 0 Å². The highest BCUT2D eigenvalue weighted by Gasteiger charge is 2.17. The number of aromatic amines is 1. The predicted octanol–water partition coefficient (Wildman–Crippen LogP) is 5.64. The van der Waals surface area contributed by atoms with Crippen molar-refractivity contribution in [1.82, 2.24) is 9.55 Å². The van der Waals surface area contributed by atoms with E-state index in [1.165, 1.54) is 44.9 Å². The van der Waals surface area contributed by atoms with Gasteiger partial charge in [0.1, 0.15) is 0 Å². The van der Waals surface area contributed by atoms with Crippen LogP contribution in [-0.4, -0.2) is 9.55 Å². The van der Waals surface area contributed by atoms with E-state index in [2.05, 4.69) is 9.55 Å². The molecule has 1 saturated carbocycles. The lowest BCUT2D eigenvalue weighted by molar-refractivity contribution is 0.376. The van der Waals surface area contributed by atoms with Gasteiger partial charge in [-0.1, -0.05) is 43.7 Å². The van der Waals surface area contributed by atoms with Gasteiger partial charge in [0.2, 0.25) is 0 Å². The first-order valence-electron chi connectivity index (χ1n) is 7.15. The van der Waals surface area contributed by atoms with Gasteiger partial charge in [0.15, 0.2) is 4.77 Å². The van der Waals surface area contributed by atoms with Crippen molar-refractivity contribution in [2.24, 2.45) is 0 Å². The van der Waals surface area contributed by atoms with Crippen LogP contribution in [0.15, 0.2) is 18.2 Å². The van der Waals surface area contributed by atoms with Crippen LogP contribution in [0.1, 0.15) is 51.0 Å². The highest BCUT2D eigenvalue weighted by atomic mass is 35.5. The Bertz CT molecular complexity index is 621. The van der Waals surface area contributed by atoms with Crippen LogP contribution < -0.4 is 0 Å². The summed E-state index contributed by atoms with van der Waals surface area (Å²) in [5.41, 5.74) is 2.25. The molecule has 0 unspecified atom stereocenters. The van der Waals surface area contributed by atoms with Gasteiger partial charge < -0.3 is 9.55 Å². The van der Waals surface area contributed by atoms with E-state index in [0.717, 1.165) is 20.8 Å². The molecule has 19 heavy (non-hydrogen) atoms. The maximum absolute atomic E-state index is 6.14. The molecule has 1 aromatic carbocycles. The molecule has 0 bridgehead atoms. The van der Waals surface area contributed by atoms with Gasteiger partial charge in [-0.2, -0.15) is 0 Å². The standard InChI is InChI=1S/C15H19ClN2S/c16-11-8-9-13-14(10-11)18(15(19)17-13)12-6-4-2-1-3-5-7-12/h8-10,12H,1-7H2,(H,17,19). The minimum Gasteiger partial charge on any atom is -0.331 e. The van der Waals surface area contributed by atoms with Gasteiger partial charge in [-0.3, -0.25) is 0 Å². The molecule has 2 aromatic rings. The summed E-state index contributed by atoms with van der Waals surface area (Å²) in [6.45, 7) is 0. The third-order valence-electron chi connectivity index (χ3n) is 4.12. The first-order valence-corrected chi connectivity index (χ1v) is 7.94. The molecule has 102 valence electrons. The molecule has 0 radical (unpaired) electrons. The number of nitrogens with zero attached hydrogens (tertiary/aromatic N) is 1. The van der Waals surface area contributed by atoms with E-state index in [1.54, 1.807) is 0 Å². The lowest BCUT2D eigenvalue weighted by atomic mass is 9.96. The number of aromatic nitrogens is 2. The van der Waals surface area contributed by atoms with E-state index >= 15 is 0 Å². The van der Waals surface area contributed by atoms with Crippen molar-refractivity contribution in [2.75, 3.05) is 0 Å². The first-order chi connectivity index (χ1) is 9.25. The third kappa shape index (κ3) is 2.72. The second-order valence-electron chi connectivity index (χ2n) is 5.46. The highest BCUT2D eigenvalue weighted by Crippen LogP contribution is 2.30. The van der Waals surface area contributed by atoms with Crippen molar-refractivity contribution in [3.63, 3.8) is 0 Å². The Kier molecular flexibility index (Phi) is 3.94. The molecule has 1 N–H and O–H groups in total. The van der Waals surface area contributed by atoms with Crippen LogP contribution in [0, 0.1) is 4.77 Å². The fourth-order valence-corrected chi connectivity index (χ4v) is 3.67. The van der Waals surface area contributed by atoms with Gasteiger partial charge in [-0.15, -0.1) is 0 Å². The largest absolute Gasteiger partial charge is 0.331 e. The molecule has 0 atom stereocenters. The Labute approximate surface area is 123 Å². The van der Waals surface area contributed by atoms with Gasteiger partial charge >= 0.3 is 0 Å². The molecule has 3 rings (SSSR count). The molecule has 1 heterocycles. The molecule has 1 aliphatic carbocycles. The molecule has 4 heteroatoms. The smallest absolute Gasteiger partial charge is 0.178 e. The van der Waals surface area contributed by atoms with Crippen molar-refractivity contribution in [3.8, 4) is 0 Å². The van der Waals surface area contributed by atoms with Crippen LogP contribution in [0.25, 0.3) is 11.0 Å². The van der Waals surface area contributed by atoms with Crippen molar-refractivity contribution >= 4 is 34.9 Å². The Morgan fingerprint density at radius 3 is 2.53 bits per heavy atom. The summed E-state index contributed by atoms with van der Waals surface area (Å²) in [7, 11) is 0. The number of imidazole rings is 1. The predicted molar refractivity (Wildman–Crippen MR) is 83.5 cm³/mol. The number of rotatable bonds is 1. The number of nitrogens with one attached hydrogen (secondary N) is 1. The Hall–Kier alpha value is -0.800. The molecule has 1 fully saturated rings. The molecular formula is C15H19ClN2S. The van der Waals surface area contributed by atoms with Crippen LogP contribution in [0.4, 0.5) is 0 Å². The number of halogens is 1. The average Bonchev–Trinajstić information content (AvgIpc) is 2.65. The Balaban J connectivity index is 2.04. The van der Waals surface area contributed by atoms with E-state index in [-0.39, 0.29) is 0 Å². The van der Waals surface area contributed by atoms with Gasteiger partial charge in [0.05, 0.1) is 11.0 Å². The van der Waals surface area contributed by atoms with E-state index in [4.69, 9.17) is 23.8 Å². The molecule has 0 aliphatic heterocycles. The summed E-state index contributed by atoms with van der Waals surface area (Å²) in [5, 5.41) is 0.779.